The van der Waals surface area contributed by atoms with E-state index in [-0.39, 0.29) is 4.90 Å². The number of benzene rings is 1. The monoisotopic (exact) mass is 297 g/mol. The molecule has 2 rings (SSSR count). The van der Waals surface area contributed by atoms with Crippen LogP contribution in [0.1, 0.15) is 25.3 Å². The van der Waals surface area contributed by atoms with E-state index >= 15 is 0 Å². The highest BCUT2D eigenvalue weighted by atomic mass is 32.2. The first kappa shape index (κ1) is 15.3. The minimum atomic E-state index is -3.53. The molecule has 0 aromatic heterocycles. The molecule has 5 nitrogen and oxygen atoms in total. The van der Waals surface area contributed by atoms with E-state index in [9.17, 15) is 8.42 Å². The molecule has 1 aromatic rings. The Hall–Kier alpha value is -1.11. The summed E-state index contributed by atoms with van der Waals surface area (Å²) >= 11 is 0. The molecule has 0 radical (unpaired) electrons. The molecule has 1 heterocycles. The maximum absolute atomic E-state index is 12.3. The molecular formula is C14H23N3O2S. The zero-order valence-electron chi connectivity index (χ0n) is 12.1. The molecule has 6 heteroatoms. The van der Waals surface area contributed by atoms with Crippen LogP contribution in [0.15, 0.2) is 23.1 Å². The van der Waals surface area contributed by atoms with Gasteiger partial charge in [-0.05, 0) is 50.6 Å². The van der Waals surface area contributed by atoms with Gasteiger partial charge >= 0.3 is 0 Å². The van der Waals surface area contributed by atoms with Crippen LogP contribution in [0, 0.1) is 6.92 Å². The summed E-state index contributed by atoms with van der Waals surface area (Å²) in [7, 11) is -3.53. The smallest absolute Gasteiger partial charge is 0.242 e. The Morgan fingerprint density at radius 3 is 2.85 bits per heavy atom. The second-order valence-electron chi connectivity index (χ2n) is 5.32. The Labute approximate surface area is 121 Å². The van der Waals surface area contributed by atoms with E-state index < -0.39 is 10.0 Å². The van der Waals surface area contributed by atoms with Crippen molar-refractivity contribution >= 4 is 15.7 Å². The van der Waals surface area contributed by atoms with Crippen LogP contribution in [0.2, 0.25) is 0 Å². The summed E-state index contributed by atoms with van der Waals surface area (Å²) in [6, 6.07) is 5.31. The van der Waals surface area contributed by atoms with Gasteiger partial charge in [-0.1, -0.05) is 13.0 Å². The zero-order valence-corrected chi connectivity index (χ0v) is 12.9. The Balaban J connectivity index is 2.07. The number of nitrogens with two attached hydrogens (primary N) is 1. The molecule has 20 heavy (non-hydrogen) atoms. The van der Waals surface area contributed by atoms with Crippen LogP contribution in [0.3, 0.4) is 0 Å². The standard InChI is InChI=1S/C14H23N3O2S/c1-3-17-8-4-5-12(17)10-16-20(18,19)14-7-6-11(2)9-13(14)15/h6-7,9,12,16H,3-5,8,10,15H2,1-2H3. The third kappa shape index (κ3) is 3.31. The quantitative estimate of drug-likeness (QED) is 0.804. The van der Waals surface area contributed by atoms with Gasteiger partial charge in [-0.25, -0.2) is 13.1 Å². The average molecular weight is 297 g/mol. The molecule has 1 aliphatic heterocycles. The first-order chi connectivity index (χ1) is 9.44. The van der Waals surface area contributed by atoms with E-state index in [2.05, 4.69) is 16.5 Å². The fourth-order valence-electron chi connectivity index (χ4n) is 2.74. The van der Waals surface area contributed by atoms with Crippen molar-refractivity contribution in [2.24, 2.45) is 0 Å². The van der Waals surface area contributed by atoms with Gasteiger partial charge in [-0.2, -0.15) is 0 Å². The molecule has 0 spiro atoms. The normalized spacial score (nSPS) is 20.4. The molecule has 1 unspecified atom stereocenters. The summed E-state index contributed by atoms with van der Waals surface area (Å²) in [5.41, 5.74) is 7.07. The maximum Gasteiger partial charge on any atom is 0.242 e. The van der Waals surface area contributed by atoms with Crippen molar-refractivity contribution in [2.45, 2.75) is 37.6 Å². The van der Waals surface area contributed by atoms with Gasteiger partial charge in [-0.15, -0.1) is 0 Å². The minimum absolute atomic E-state index is 0.171. The van der Waals surface area contributed by atoms with E-state index in [0.717, 1.165) is 31.5 Å². The summed E-state index contributed by atoms with van der Waals surface area (Å²) in [5, 5.41) is 0. The van der Waals surface area contributed by atoms with Gasteiger partial charge in [0.15, 0.2) is 0 Å². The lowest BCUT2D eigenvalue weighted by Gasteiger charge is -2.23. The van der Waals surface area contributed by atoms with Gasteiger partial charge < -0.3 is 5.73 Å². The highest BCUT2D eigenvalue weighted by Crippen LogP contribution is 2.20. The van der Waals surface area contributed by atoms with Crippen molar-refractivity contribution in [1.82, 2.24) is 9.62 Å². The lowest BCUT2D eigenvalue weighted by molar-refractivity contribution is 0.268. The number of sulfonamides is 1. The predicted molar refractivity (Wildman–Crippen MR) is 81.0 cm³/mol. The molecule has 0 bridgehead atoms. The molecule has 0 saturated carbocycles. The van der Waals surface area contributed by atoms with Crippen LogP contribution in [-0.4, -0.2) is 39.0 Å². The van der Waals surface area contributed by atoms with Gasteiger partial charge in [0, 0.05) is 12.6 Å². The predicted octanol–water partition coefficient (Wildman–Crippen LogP) is 1.34. The number of rotatable bonds is 5. The number of aryl methyl sites for hydroxylation is 1. The number of likely N-dealkylation sites (N-methyl/N-ethyl adjacent to an activating group) is 1. The van der Waals surface area contributed by atoms with Crippen molar-refractivity contribution in [1.29, 1.82) is 0 Å². The van der Waals surface area contributed by atoms with Crippen molar-refractivity contribution in [2.75, 3.05) is 25.4 Å². The number of nitrogens with zero attached hydrogens (tertiary/aromatic N) is 1. The van der Waals surface area contributed by atoms with E-state index in [4.69, 9.17) is 5.73 Å². The molecule has 1 saturated heterocycles. The van der Waals surface area contributed by atoms with Crippen molar-refractivity contribution in [3.8, 4) is 0 Å². The van der Waals surface area contributed by atoms with Gasteiger partial charge in [0.25, 0.3) is 0 Å². The van der Waals surface area contributed by atoms with Crippen molar-refractivity contribution in [3.63, 3.8) is 0 Å². The van der Waals surface area contributed by atoms with Gasteiger partial charge in [-0.3, -0.25) is 4.90 Å². The van der Waals surface area contributed by atoms with E-state index in [1.807, 2.05) is 6.92 Å². The summed E-state index contributed by atoms with van der Waals surface area (Å²) < 4.78 is 27.3. The zero-order chi connectivity index (χ0) is 14.8. The highest BCUT2D eigenvalue weighted by Gasteiger charge is 2.25. The Kier molecular flexibility index (Phi) is 4.67. The molecule has 1 aromatic carbocycles. The number of nitrogens with one attached hydrogen (secondary N) is 1. The fourth-order valence-corrected chi connectivity index (χ4v) is 3.92. The van der Waals surface area contributed by atoms with Crippen LogP contribution >= 0.6 is 0 Å². The topological polar surface area (TPSA) is 75.4 Å². The van der Waals surface area contributed by atoms with Crippen LogP contribution in [0.5, 0.6) is 0 Å². The minimum Gasteiger partial charge on any atom is -0.398 e. The van der Waals surface area contributed by atoms with Crippen LogP contribution in [-0.2, 0) is 10.0 Å². The van der Waals surface area contributed by atoms with Gasteiger partial charge in [0.2, 0.25) is 10.0 Å². The number of hydrogen-bond acceptors (Lipinski definition) is 4. The Morgan fingerprint density at radius 1 is 1.45 bits per heavy atom. The number of hydrogen-bond donors (Lipinski definition) is 2. The number of anilines is 1. The molecule has 0 aliphatic carbocycles. The molecular weight excluding hydrogens is 274 g/mol. The summed E-state index contributed by atoms with van der Waals surface area (Å²) in [5.74, 6) is 0. The van der Waals surface area contributed by atoms with E-state index in [1.54, 1.807) is 18.2 Å². The second-order valence-corrected chi connectivity index (χ2v) is 7.05. The van der Waals surface area contributed by atoms with Crippen LogP contribution in [0.4, 0.5) is 5.69 Å². The molecule has 0 amide bonds. The van der Waals surface area contributed by atoms with E-state index in [0.29, 0.717) is 18.3 Å². The summed E-state index contributed by atoms with van der Waals surface area (Å²) in [4.78, 5) is 2.48. The molecule has 1 aliphatic rings. The fraction of sp³-hybridized carbons (Fsp3) is 0.571. The highest BCUT2D eigenvalue weighted by molar-refractivity contribution is 7.89. The average Bonchev–Trinajstić information content (AvgIpc) is 2.83. The lowest BCUT2D eigenvalue weighted by atomic mass is 10.2. The Morgan fingerprint density at radius 2 is 2.20 bits per heavy atom. The number of likely N-dealkylation sites (tertiary alicyclic amines) is 1. The number of nitrogen functional groups attached to an aromatic ring is 1. The molecule has 112 valence electrons. The molecule has 1 atom stereocenters. The summed E-state index contributed by atoms with van der Waals surface area (Å²) in [6.07, 6.45) is 2.17. The molecule has 1 fully saturated rings. The van der Waals surface area contributed by atoms with Gasteiger partial charge in [0.1, 0.15) is 4.90 Å². The van der Waals surface area contributed by atoms with Crippen LogP contribution in [0.25, 0.3) is 0 Å². The summed E-state index contributed by atoms with van der Waals surface area (Å²) in [6.45, 7) is 6.45. The van der Waals surface area contributed by atoms with Gasteiger partial charge in [0.05, 0.1) is 5.69 Å². The molecule has 3 N–H and O–H groups in total. The second kappa shape index (κ2) is 6.11. The SMILES string of the molecule is CCN1CCCC1CNS(=O)(=O)c1ccc(C)cc1N. The first-order valence-electron chi connectivity index (χ1n) is 7.04. The Bertz CT molecular complexity index is 572. The third-order valence-electron chi connectivity index (χ3n) is 3.87. The van der Waals surface area contributed by atoms with Crippen LogP contribution < -0.4 is 10.5 Å². The largest absolute Gasteiger partial charge is 0.398 e. The first-order valence-corrected chi connectivity index (χ1v) is 8.52. The van der Waals surface area contributed by atoms with Crippen molar-refractivity contribution < 1.29 is 8.42 Å². The lowest BCUT2D eigenvalue weighted by Crippen LogP contribution is -2.40. The van der Waals surface area contributed by atoms with E-state index in [1.165, 1.54) is 0 Å². The van der Waals surface area contributed by atoms with Crippen molar-refractivity contribution in [3.05, 3.63) is 23.8 Å². The third-order valence-corrected chi connectivity index (χ3v) is 5.37. The maximum atomic E-state index is 12.3.